The van der Waals surface area contributed by atoms with E-state index in [1.165, 1.54) is 0 Å². The SMILES string of the molecule is O=C(CCn1ccc(C(=O)Nc2ccncc2)n1)Nc1ccncc1. The molecule has 2 amide bonds. The van der Waals surface area contributed by atoms with Crippen LogP contribution in [0.1, 0.15) is 16.9 Å². The molecular weight excluding hydrogens is 320 g/mol. The number of nitrogens with zero attached hydrogens (tertiary/aromatic N) is 4. The van der Waals surface area contributed by atoms with Crippen molar-refractivity contribution in [3.05, 3.63) is 67.0 Å². The van der Waals surface area contributed by atoms with Crippen molar-refractivity contribution in [1.29, 1.82) is 0 Å². The molecule has 0 fully saturated rings. The predicted octanol–water partition coefficient (Wildman–Crippen LogP) is 1.95. The molecule has 0 unspecified atom stereocenters. The second-order valence-corrected chi connectivity index (χ2v) is 5.19. The van der Waals surface area contributed by atoms with Crippen molar-refractivity contribution in [3.8, 4) is 0 Å². The molecule has 3 aromatic heterocycles. The topological polar surface area (TPSA) is 102 Å². The number of aromatic nitrogens is 4. The van der Waals surface area contributed by atoms with Crippen LogP contribution in [0.3, 0.4) is 0 Å². The van der Waals surface area contributed by atoms with E-state index in [0.717, 1.165) is 0 Å². The van der Waals surface area contributed by atoms with Crippen molar-refractivity contribution < 1.29 is 9.59 Å². The smallest absolute Gasteiger partial charge is 0.276 e. The van der Waals surface area contributed by atoms with Crippen LogP contribution in [0.25, 0.3) is 0 Å². The van der Waals surface area contributed by atoms with Crippen LogP contribution < -0.4 is 10.6 Å². The van der Waals surface area contributed by atoms with Crippen molar-refractivity contribution in [3.63, 3.8) is 0 Å². The molecule has 0 saturated heterocycles. The number of anilines is 2. The van der Waals surface area contributed by atoms with Gasteiger partial charge in [0.15, 0.2) is 5.69 Å². The van der Waals surface area contributed by atoms with Crippen LogP contribution >= 0.6 is 0 Å². The summed E-state index contributed by atoms with van der Waals surface area (Å²) in [4.78, 5) is 31.8. The second kappa shape index (κ2) is 7.82. The van der Waals surface area contributed by atoms with Gasteiger partial charge < -0.3 is 10.6 Å². The summed E-state index contributed by atoms with van der Waals surface area (Å²) >= 11 is 0. The van der Waals surface area contributed by atoms with E-state index in [0.29, 0.717) is 17.9 Å². The Bertz CT molecular complexity index is 848. The van der Waals surface area contributed by atoms with Gasteiger partial charge in [0.2, 0.25) is 5.91 Å². The Balaban J connectivity index is 1.51. The third-order valence-electron chi connectivity index (χ3n) is 3.34. The Morgan fingerprint density at radius 1 is 0.880 bits per heavy atom. The van der Waals surface area contributed by atoms with E-state index in [1.807, 2.05) is 0 Å². The van der Waals surface area contributed by atoms with Gasteiger partial charge in [-0.2, -0.15) is 5.10 Å². The molecule has 126 valence electrons. The van der Waals surface area contributed by atoms with Gasteiger partial charge in [0, 0.05) is 55.3 Å². The zero-order valence-corrected chi connectivity index (χ0v) is 13.3. The first kappa shape index (κ1) is 16.3. The summed E-state index contributed by atoms with van der Waals surface area (Å²) in [5, 5.41) is 9.68. The standard InChI is InChI=1S/C17H16N6O2/c24-16(20-13-1-7-18-8-2-13)6-12-23-11-5-15(22-23)17(25)21-14-3-9-19-10-4-14/h1-5,7-11H,6,12H2,(H,18,20,24)(H,19,21,25). The molecule has 3 rings (SSSR count). The molecule has 0 aromatic carbocycles. The molecule has 2 N–H and O–H groups in total. The largest absolute Gasteiger partial charge is 0.326 e. The number of rotatable bonds is 6. The summed E-state index contributed by atoms with van der Waals surface area (Å²) < 4.78 is 1.56. The normalized spacial score (nSPS) is 10.2. The number of pyridine rings is 2. The number of carbonyl (C=O) groups is 2. The van der Waals surface area contributed by atoms with Gasteiger partial charge in [-0.05, 0) is 30.3 Å². The predicted molar refractivity (Wildman–Crippen MR) is 91.9 cm³/mol. The Labute approximate surface area is 143 Å². The molecule has 0 bridgehead atoms. The summed E-state index contributed by atoms with van der Waals surface area (Å²) in [6.45, 7) is 0.374. The molecule has 0 aliphatic carbocycles. The van der Waals surface area contributed by atoms with Crippen molar-refractivity contribution in [2.24, 2.45) is 0 Å². The zero-order valence-electron chi connectivity index (χ0n) is 13.3. The lowest BCUT2D eigenvalue weighted by Gasteiger charge is -2.05. The molecule has 0 spiro atoms. The highest BCUT2D eigenvalue weighted by Gasteiger charge is 2.10. The summed E-state index contributed by atoms with van der Waals surface area (Å²) in [6.07, 6.45) is 8.31. The van der Waals surface area contributed by atoms with Gasteiger partial charge in [-0.3, -0.25) is 24.2 Å². The minimum atomic E-state index is -0.314. The number of aryl methyl sites for hydroxylation is 1. The van der Waals surface area contributed by atoms with E-state index < -0.39 is 0 Å². The van der Waals surface area contributed by atoms with E-state index in [2.05, 4.69) is 25.7 Å². The van der Waals surface area contributed by atoms with Crippen LogP contribution in [0.5, 0.6) is 0 Å². The third-order valence-corrected chi connectivity index (χ3v) is 3.34. The maximum Gasteiger partial charge on any atom is 0.276 e. The van der Waals surface area contributed by atoms with E-state index >= 15 is 0 Å². The molecule has 0 aliphatic rings. The summed E-state index contributed by atoms with van der Waals surface area (Å²) in [6, 6.07) is 8.43. The fraction of sp³-hybridized carbons (Fsp3) is 0.118. The van der Waals surface area contributed by atoms with Crippen LogP contribution in [0.15, 0.2) is 61.3 Å². The van der Waals surface area contributed by atoms with Crippen LogP contribution in [-0.4, -0.2) is 31.6 Å². The van der Waals surface area contributed by atoms with E-state index in [1.54, 1.807) is 66.0 Å². The highest BCUT2D eigenvalue weighted by Crippen LogP contribution is 2.07. The third kappa shape index (κ3) is 4.71. The van der Waals surface area contributed by atoms with Crippen LogP contribution in [-0.2, 0) is 11.3 Å². The molecule has 8 heteroatoms. The van der Waals surface area contributed by atoms with Gasteiger partial charge >= 0.3 is 0 Å². The molecule has 0 atom stereocenters. The molecular formula is C17H16N6O2. The zero-order chi connectivity index (χ0) is 17.5. The van der Waals surface area contributed by atoms with Crippen LogP contribution in [0.2, 0.25) is 0 Å². The van der Waals surface area contributed by atoms with Gasteiger partial charge in [0.25, 0.3) is 5.91 Å². The fourth-order valence-electron chi connectivity index (χ4n) is 2.11. The minimum Gasteiger partial charge on any atom is -0.326 e. The molecule has 0 radical (unpaired) electrons. The Morgan fingerprint density at radius 2 is 1.48 bits per heavy atom. The molecule has 0 saturated carbocycles. The highest BCUT2D eigenvalue weighted by molar-refractivity contribution is 6.02. The fourth-order valence-corrected chi connectivity index (χ4v) is 2.11. The average Bonchev–Trinajstić information content (AvgIpc) is 3.11. The van der Waals surface area contributed by atoms with Gasteiger partial charge in [-0.25, -0.2) is 0 Å². The quantitative estimate of drug-likeness (QED) is 0.716. The van der Waals surface area contributed by atoms with Gasteiger partial charge in [0.1, 0.15) is 0 Å². The lowest BCUT2D eigenvalue weighted by Crippen LogP contribution is -2.16. The number of nitrogens with one attached hydrogen (secondary N) is 2. The molecule has 3 aromatic rings. The van der Waals surface area contributed by atoms with Crippen LogP contribution in [0, 0.1) is 0 Å². The molecule has 8 nitrogen and oxygen atoms in total. The number of hydrogen-bond donors (Lipinski definition) is 2. The summed E-state index contributed by atoms with van der Waals surface area (Å²) in [5.74, 6) is -0.448. The first-order valence-corrected chi connectivity index (χ1v) is 7.65. The maximum atomic E-state index is 12.1. The van der Waals surface area contributed by atoms with Crippen molar-refractivity contribution >= 4 is 23.2 Å². The van der Waals surface area contributed by atoms with Crippen LogP contribution in [0.4, 0.5) is 11.4 Å². The lowest BCUT2D eigenvalue weighted by atomic mass is 10.3. The maximum absolute atomic E-state index is 12.1. The Hall–Kier alpha value is -3.55. The number of amides is 2. The summed E-state index contributed by atoms with van der Waals surface area (Å²) in [7, 11) is 0. The first-order chi connectivity index (χ1) is 12.2. The molecule has 0 aliphatic heterocycles. The molecule has 3 heterocycles. The van der Waals surface area contributed by atoms with E-state index in [9.17, 15) is 9.59 Å². The van der Waals surface area contributed by atoms with Crippen molar-refractivity contribution in [2.45, 2.75) is 13.0 Å². The molecule has 25 heavy (non-hydrogen) atoms. The number of hydrogen-bond acceptors (Lipinski definition) is 5. The first-order valence-electron chi connectivity index (χ1n) is 7.65. The van der Waals surface area contributed by atoms with Crippen molar-refractivity contribution in [1.82, 2.24) is 19.7 Å². The Kier molecular flexibility index (Phi) is 5.10. The van der Waals surface area contributed by atoms with Gasteiger partial charge in [-0.1, -0.05) is 0 Å². The van der Waals surface area contributed by atoms with E-state index in [-0.39, 0.29) is 23.9 Å². The summed E-state index contributed by atoms with van der Waals surface area (Å²) in [5.41, 5.74) is 1.62. The van der Waals surface area contributed by atoms with E-state index in [4.69, 9.17) is 0 Å². The lowest BCUT2D eigenvalue weighted by molar-refractivity contribution is -0.116. The van der Waals surface area contributed by atoms with Gasteiger partial charge in [-0.15, -0.1) is 0 Å². The number of carbonyl (C=O) groups excluding carboxylic acids is 2. The van der Waals surface area contributed by atoms with Gasteiger partial charge in [0.05, 0.1) is 0 Å². The Morgan fingerprint density at radius 3 is 2.12 bits per heavy atom. The van der Waals surface area contributed by atoms with Crippen molar-refractivity contribution in [2.75, 3.05) is 10.6 Å². The minimum absolute atomic E-state index is 0.135. The second-order valence-electron chi connectivity index (χ2n) is 5.19. The highest BCUT2D eigenvalue weighted by atomic mass is 16.2. The average molecular weight is 336 g/mol. The monoisotopic (exact) mass is 336 g/mol.